The van der Waals surface area contributed by atoms with Gasteiger partial charge in [0, 0.05) is 48.4 Å². The van der Waals surface area contributed by atoms with Crippen molar-refractivity contribution >= 4 is 11.4 Å². The Kier molecular flexibility index (Phi) is 8.94. The molecule has 5 heteroatoms. The third kappa shape index (κ3) is 9.41. The first-order valence-corrected chi connectivity index (χ1v) is 7.70. The molecule has 121 valence electrons. The second-order valence-electron chi connectivity index (χ2n) is 7.21. The Hall–Kier alpha value is -0.221. The molecule has 1 aliphatic rings. The van der Waals surface area contributed by atoms with E-state index in [0.717, 1.165) is 39.0 Å². The van der Waals surface area contributed by atoms with Gasteiger partial charge in [0.05, 0.1) is 13.1 Å². The van der Waals surface area contributed by atoms with Crippen LogP contribution >= 0.6 is 0 Å². The largest absolute Gasteiger partial charge is 2.00 e. The van der Waals surface area contributed by atoms with Crippen molar-refractivity contribution < 1.29 is 17.1 Å². The van der Waals surface area contributed by atoms with Gasteiger partial charge in [-0.2, -0.15) is 0 Å². The maximum absolute atomic E-state index is 4.68. The molecule has 1 heterocycles. The molecule has 0 aliphatic carbocycles. The molecule has 2 N–H and O–H groups in total. The Morgan fingerprint density at radius 1 is 0.762 bits per heavy atom. The summed E-state index contributed by atoms with van der Waals surface area (Å²) < 4.78 is 0. The van der Waals surface area contributed by atoms with E-state index in [4.69, 9.17) is 0 Å². The third-order valence-electron chi connectivity index (χ3n) is 3.59. The number of aliphatic imine (C=N–C) groups is 2. The first-order valence-electron chi connectivity index (χ1n) is 7.70. The minimum Gasteiger partial charge on any atom is -0.310 e. The molecule has 0 fully saturated rings. The fourth-order valence-corrected chi connectivity index (χ4v) is 2.80. The van der Waals surface area contributed by atoms with Crippen LogP contribution < -0.4 is 10.6 Å². The van der Waals surface area contributed by atoms with Crippen molar-refractivity contribution in [3.63, 3.8) is 0 Å². The van der Waals surface area contributed by atoms with Crippen LogP contribution in [0.5, 0.6) is 0 Å². The molecule has 0 aromatic carbocycles. The Morgan fingerprint density at radius 2 is 1.10 bits per heavy atom. The summed E-state index contributed by atoms with van der Waals surface area (Å²) >= 11 is 0. The van der Waals surface area contributed by atoms with E-state index in [-0.39, 0.29) is 28.1 Å². The van der Waals surface area contributed by atoms with E-state index in [1.807, 2.05) is 0 Å². The average Bonchev–Trinajstić information content (AvgIpc) is 2.28. The average molecular weight is 335 g/mol. The molecule has 1 aliphatic heterocycles. The molecular formula is C16H32MnN4+2. The van der Waals surface area contributed by atoms with E-state index >= 15 is 0 Å². The molecule has 0 saturated heterocycles. The fraction of sp³-hybridized carbons (Fsp3) is 0.875. The van der Waals surface area contributed by atoms with Crippen molar-refractivity contribution in [1.29, 1.82) is 0 Å². The van der Waals surface area contributed by atoms with Crippen LogP contribution in [0.25, 0.3) is 0 Å². The Labute approximate surface area is 141 Å². The zero-order valence-electron chi connectivity index (χ0n) is 14.5. The van der Waals surface area contributed by atoms with E-state index in [1.165, 1.54) is 11.4 Å². The van der Waals surface area contributed by atoms with Crippen molar-refractivity contribution in [2.24, 2.45) is 9.98 Å². The van der Waals surface area contributed by atoms with E-state index in [2.05, 4.69) is 62.2 Å². The summed E-state index contributed by atoms with van der Waals surface area (Å²) in [7, 11) is 0. The van der Waals surface area contributed by atoms with Gasteiger partial charge in [0.25, 0.3) is 0 Å². The van der Waals surface area contributed by atoms with E-state index < -0.39 is 0 Å². The second-order valence-corrected chi connectivity index (χ2v) is 7.21. The van der Waals surface area contributed by atoms with Crippen LogP contribution in [0.4, 0.5) is 0 Å². The molecule has 0 aromatic rings. The van der Waals surface area contributed by atoms with Gasteiger partial charge in [0.15, 0.2) is 0 Å². The molecule has 4 nitrogen and oxygen atoms in total. The molecule has 0 amide bonds. The normalized spacial score (nSPS) is 24.1. The Bertz CT molecular complexity index is 336. The van der Waals surface area contributed by atoms with Crippen molar-refractivity contribution in [1.82, 2.24) is 10.6 Å². The van der Waals surface area contributed by atoms with E-state index in [9.17, 15) is 0 Å². The van der Waals surface area contributed by atoms with Gasteiger partial charge in [0.2, 0.25) is 0 Å². The SMILES string of the molecule is CC1=NCCNC(C)(C)CC(C)=NCCNC(C)(C)C1.[Mn+2]. The smallest absolute Gasteiger partial charge is 0.310 e. The number of nitrogens with one attached hydrogen (secondary N) is 2. The maximum atomic E-state index is 4.68. The summed E-state index contributed by atoms with van der Waals surface area (Å²) in [6.07, 6.45) is 1.97. The first kappa shape index (κ1) is 20.8. The van der Waals surface area contributed by atoms with Crippen LogP contribution in [0.3, 0.4) is 0 Å². The molecule has 21 heavy (non-hydrogen) atoms. The molecular weight excluding hydrogens is 303 g/mol. The monoisotopic (exact) mass is 335 g/mol. The quantitative estimate of drug-likeness (QED) is 0.668. The molecule has 0 unspecified atom stereocenters. The number of nitrogens with zero attached hydrogens (tertiary/aromatic N) is 2. The van der Waals surface area contributed by atoms with Gasteiger partial charge in [-0.05, 0) is 41.5 Å². The predicted octanol–water partition coefficient (Wildman–Crippen LogP) is 2.44. The molecule has 0 saturated carbocycles. The minimum absolute atomic E-state index is 0. The van der Waals surface area contributed by atoms with Gasteiger partial charge < -0.3 is 10.6 Å². The molecule has 0 aromatic heterocycles. The van der Waals surface area contributed by atoms with E-state index in [1.54, 1.807) is 0 Å². The predicted molar refractivity (Wildman–Crippen MR) is 89.3 cm³/mol. The van der Waals surface area contributed by atoms with Gasteiger partial charge in [0.1, 0.15) is 0 Å². The standard InChI is InChI=1S/C16H32N4.Mn/c1-13-11-15(3,4)19-10-8-18-14(2)12-16(5,6)20-9-7-17-13;/h19-20H,7-12H2,1-6H3;/q;+2. The van der Waals surface area contributed by atoms with Crippen molar-refractivity contribution in [3.8, 4) is 0 Å². The number of rotatable bonds is 0. The van der Waals surface area contributed by atoms with E-state index in [0.29, 0.717) is 0 Å². The zero-order chi connectivity index (χ0) is 15.2. The van der Waals surface area contributed by atoms with Crippen LogP contribution in [0, 0.1) is 0 Å². The van der Waals surface area contributed by atoms with Gasteiger partial charge >= 0.3 is 17.1 Å². The second kappa shape index (κ2) is 9.04. The van der Waals surface area contributed by atoms with Crippen LogP contribution in [0.1, 0.15) is 54.4 Å². The summed E-state index contributed by atoms with van der Waals surface area (Å²) in [6, 6.07) is 0. The molecule has 0 spiro atoms. The maximum Gasteiger partial charge on any atom is 2.00 e. The van der Waals surface area contributed by atoms with Gasteiger partial charge in [-0.25, -0.2) is 0 Å². The third-order valence-corrected chi connectivity index (χ3v) is 3.59. The summed E-state index contributed by atoms with van der Waals surface area (Å²) in [4.78, 5) is 9.35. The number of hydrogen-bond donors (Lipinski definition) is 2. The molecule has 1 radical (unpaired) electrons. The van der Waals surface area contributed by atoms with Crippen LogP contribution in [-0.4, -0.2) is 48.7 Å². The summed E-state index contributed by atoms with van der Waals surface area (Å²) in [5.74, 6) is 0. The summed E-state index contributed by atoms with van der Waals surface area (Å²) in [5.41, 5.74) is 2.62. The van der Waals surface area contributed by atoms with Crippen molar-refractivity contribution in [3.05, 3.63) is 0 Å². The minimum atomic E-state index is 0. The Morgan fingerprint density at radius 3 is 1.43 bits per heavy atom. The zero-order valence-corrected chi connectivity index (χ0v) is 15.7. The molecule has 0 bridgehead atoms. The van der Waals surface area contributed by atoms with Crippen molar-refractivity contribution in [2.45, 2.75) is 65.5 Å². The van der Waals surface area contributed by atoms with Gasteiger partial charge in [-0.15, -0.1) is 0 Å². The summed E-state index contributed by atoms with van der Waals surface area (Å²) in [5, 5.41) is 7.16. The van der Waals surface area contributed by atoms with Gasteiger partial charge in [-0.3, -0.25) is 9.98 Å². The van der Waals surface area contributed by atoms with Crippen LogP contribution in [0.15, 0.2) is 9.98 Å². The Balaban J connectivity index is 0.00000400. The fourth-order valence-electron chi connectivity index (χ4n) is 2.80. The van der Waals surface area contributed by atoms with Crippen LogP contribution in [-0.2, 0) is 17.1 Å². The molecule has 1 rings (SSSR count). The topological polar surface area (TPSA) is 48.8 Å². The van der Waals surface area contributed by atoms with Crippen LogP contribution in [0.2, 0.25) is 0 Å². The first-order chi connectivity index (χ1) is 9.20. The van der Waals surface area contributed by atoms with Crippen molar-refractivity contribution in [2.75, 3.05) is 26.2 Å². The number of hydrogen-bond acceptors (Lipinski definition) is 4. The van der Waals surface area contributed by atoms with Gasteiger partial charge in [-0.1, -0.05) is 0 Å². The molecule has 0 atom stereocenters. The summed E-state index contributed by atoms with van der Waals surface area (Å²) in [6.45, 7) is 16.7.